The molecule has 2 N–H and O–H groups in total. The summed E-state index contributed by atoms with van der Waals surface area (Å²) in [4.78, 5) is 0. The molecule has 1 atom stereocenters. The summed E-state index contributed by atoms with van der Waals surface area (Å²) in [5.41, 5.74) is 5.11. The van der Waals surface area contributed by atoms with Gasteiger partial charge in [-0.15, -0.1) is 5.10 Å². The van der Waals surface area contributed by atoms with Crippen molar-refractivity contribution in [1.29, 1.82) is 0 Å². The molecule has 7 nitrogen and oxygen atoms in total. The molecule has 0 fully saturated rings. The summed E-state index contributed by atoms with van der Waals surface area (Å²) < 4.78 is 3.63. The van der Waals surface area contributed by atoms with Gasteiger partial charge in [0.25, 0.3) is 0 Å². The summed E-state index contributed by atoms with van der Waals surface area (Å²) in [5.74, 6) is 0. The third kappa shape index (κ3) is 3.78. The zero-order valence-electron chi connectivity index (χ0n) is 14.8. The number of nitrogens with one attached hydrogen (secondary N) is 1. The van der Waals surface area contributed by atoms with E-state index in [4.69, 9.17) is 5.11 Å². The van der Waals surface area contributed by atoms with Crippen LogP contribution in [0.5, 0.6) is 0 Å². The largest absolute Gasteiger partial charge is 0.394 e. The minimum Gasteiger partial charge on any atom is -0.394 e. The minimum absolute atomic E-state index is 0.0671. The molecule has 3 aromatic rings. The summed E-state index contributed by atoms with van der Waals surface area (Å²) in [5, 5.41) is 25.6. The predicted octanol–water partition coefficient (Wildman–Crippen LogP) is 1.92. The average Bonchev–Trinajstić information content (AvgIpc) is 3.21. The van der Waals surface area contributed by atoms with Crippen molar-refractivity contribution in [3.05, 3.63) is 59.2 Å². The van der Waals surface area contributed by atoms with Gasteiger partial charge < -0.3 is 10.4 Å². The van der Waals surface area contributed by atoms with Crippen molar-refractivity contribution in [2.45, 2.75) is 39.9 Å². The molecule has 1 aromatic carbocycles. The summed E-state index contributed by atoms with van der Waals surface area (Å²) >= 11 is 0. The average molecular weight is 340 g/mol. The van der Waals surface area contributed by atoms with Crippen molar-refractivity contribution in [3.8, 4) is 5.69 Å². The van der Waals surface area contributed by atoms with Gasteiger partial charge in [0, 0.05) is 17.8 Å². The Kier molecular flexibility index (Phi) is 5.25. The van der Waals surface area contributed by atoms with Gasteiger partial charge in [-0.05, 0) is 32.9 Å². The smallest absolute Gasteiger partial charge is 0.0998 e. The molecular formula is C18H24N6O. The van der Waals surface area contributed by atoms with Crippen molar-refractivity contribution in [2.75, 3.05) is 6.61 Å². The fourth-order valence-corrected chi connectivity index (χ4v) is 2.84. The molecule has 0 bridgehead atoms. The molecule has 0 saturated heterocycles. The molecule has 0 amide bonds. The zero-order valence-corrected chi connectivity index (χ0v) is 14.8. The van der Waals surface area contributed by atoms with E-state index >= 15 is 0 Å². The van der Waals surface area contributed by atoms with Gasteiger partial charge in [-0.25, -0.2) is 4.68 Å². The summed E-state index contributed by atoms with van der Waals surface area (Å²) in [6, 6.07) is 10.0. The third-order valence-corrected chi connectivity index (χ3v) is 4.40. The first-order chi connectivity index (χ1) is 12.1. The Balaban J connectivity index is 1.67. The van der Waals surface area contributed by atoms with Crippen LogP contribution in [0.2, 0.25) is 0 Å². The second-order valence-corrected chi connectivity index (χ2v) is 6.12. The quantitative estimate of drug-likeness (QED) is 0.687. The van der Waals surface area contributed by atoms with E-state index in [1.54, 1.807) is 4.68 Å². The first-order valence-electron chi connectivity index (χ1n) is 8.45. The summed E-state index contributed by atoms with van der Waals surface area (Å²) in [6.45, 7) is 7.41. The van der Waals surface area contributed by atoms with Gasteiger partial charge in [0.2, 0.25) is 0 Å². The molecule has 1 unspecified atom stereocenters. The van der Waals surface area contributed by atoms with Crippen LogP contribution in [0.15, 0.2) is 36.5 Å². The van der Waals surface area contributed by atoms with Gasteiger partial charge >= 0.3 is 0 Å². The van der Waals surface area contributed by atoms with Crippen LogP contribution in [0.4, 0.5) is 0 Å². The second kappa shape index (κ2) is 7.58. The van der Waals surface area contributed by atoms with Crippen LogP contribution in [0.1, 0.15) is 35.6 Å². The second-order valence-electron chi connectivity index (χ2n) is 6.12. The molecule has 0 aliphatic carbocycles. The monoisotopic (exact) mass is 340 g/mol. The molecule has 2 heterocycles. The molecule has 25 heavy (non-hydrogen) atoms. The van der Waals surface area contributed by atoms with Gasteiger partial charge in [-0.1, -0.05) is 23.4 Å². The molecule has 0 aliphatic heterocycles. The zero-order chi connectivity index (χ0) is 17.8. The highest BCUT2D eigenvalue weighted by Gasteiger charge is 2.15. The van der Waals surface area contributed by atoms with Crippen LogP contribution < -0.4 is 5.32 Å². The fourth-order valence-electron chi connectivity index (χ4n) is 2.84. The maximum Gasteiger partial charge on any atom is 0.0998 e. The highest BCUT2D eigenvalue weighted by Crippen LogP contribution is 2.16. The van der Waals surface area contributed by atoms with Crippen molar-refractivity contribution >= 4 is 0 Å². The first-order valence-corrected chi connectivity index (χ1v) is 8.45. The van der Waals surface area contributed by atoms with Crippen molar-refractivity contribution in [1.82, 2.24) is 30.1 Å². The highest BCUT2D eigenvalue weighted by atomic mass is 16.3. The Labute approximate surface area is 147 Å². The minimum atomic E-state index is 0.0671. The molecular weight excluding hydrogens is 316 g/mol. The van der Waals surface area contributed by atoms with Gasteiger partial charge in [0.15, 0.2) is 0 Å². The lowest BCUT2D eigenvalue weighted by Gasteiger charge is -2.11. The molecule has 2 aromatic heterocycles. The number of hydrogen-bond donors (Lipinski definition) is 2. The lowest BCUT2D eigenvalue weighted by Crippen LogP contribution is -2.19. The SMILES string of the molecule is Cc1nn(CCO)c(C)c1CNC(C)c1cn(-c2ccccc2)nn1. The van der Waals surface area contributed by atoms with Gasteiger partial charge in [-0.2, -0.15) is 5.10 Å². The molecule has 0 spiro atoms. The van der Waals surface area contributed by atoms with E-state index in [1.807, 2.05) is 55.1 Å². The number of rotatable bonds is 7. The van der Waals surface area contributed by atoms with Crippen molar-refractivity contribution in [2.24, 2.45) is 0 Å². The van der Waals surface area contributed by atoms with E-state index in [0.717, 1.165) is 28.3 Å². The van der Waals surface area contributed by atoms with Crippen LogP contribution >= 0.6 is 0 Å². The van der Waals surface area contributed by atoms with E-state index in [0.29, 0.717) is 13.1 Å². The van der Waals surface area contributed by atoms with E-state index < -0.39 is 0 Å². The van der Waals surface area contributed by atoms with Crippen LogP contribution in [0.25, 0.3) is 5.69 Å². The number of aromatic nitrogens is 5. The lowest BCUT2D eigenvalue weighted by molar-refractivity contribution is 0.267. The van der Waals surface area contributed by atoms with E-state index in [1.165, 1.54) is 0 Å². The number of aryl methyl sites for hydroxylation is 1. The third-order valence-electron chi connectivity index (χ3n) is 4.40. The molecule has 7 heteroatoms. The van der Waals surface area contributed by atoms with E-state index in [9.17, 15) is 0 Å². The lowest BCUT2D eigenvalue weighted by atomic mass is 10.1. The molecule has 132 valence electrons. The Morgan fingerprint density at radius 2 is 1.96 bits per heavy atom. The van der Waals surface area contributed by atoms with Crippen LogP contribution in [0, 0.1) is 13.8 Å². The highest BCUT2D eigenvalue weighted by molar-refractivity contribution is 5.30. The van der Waals surface area contributed by atoms with Crippen molar-refractivity contribution < 1.29 is 5.11 Å². The van der Waals surface area contributed by atoms with E-state index in [-0.39, 0.29) is 12.6 Å². The maximum absolute atomic E-state index is 9.11. The standard InChI is InChI=1S/C18H24N6O/c1-13-17(15(3)23(21-13)9-10-25)11-19-14(2)18-12-24(22-20-18)16-7-5-4-6-8-16/h4-8,12,14,19,25H,9-11H2,1-3H3. The Morgan fingerprint density at radius 3 is 2.68 bits per heavy atom. The number of aliphatic hydroxyl groups is 1. The molecule has 3 rings (SSSR count). The normalized spacial score (nSPS) is 12.5. The van der Waals surface area contributed by atoms with Crippen LogP contribution in [-0.4, -0.2) is 36.5 Å². The number of benzene rings is 1. The summed E-state index contributed by atoms with van der Waals surface area (Å²) in [6.07, 6.45) is 1.95. The number of aliphatic hydroxyl groups excluding tert-OH is 1. The Hall–Kier alpha value is -2.51. The van der Waals surface area contributed by atoms with Gasteiger partial charge in [-0.3, -0.25) is 4.68 Å². The maximum atomic E-state index is 9.11. The Bertz CT molecular complexity index is 823. The topological polar surface area (TPSA) is 80.8 Å². The number of nitrogens with zero attached hydrogens (tertiary/aromatic N) is 5. The first kappa shape index (κ1) is 17.3. The van der Waals surface area contributed by atoms with E-state index in [2.05, 4.69) is 27.7 Å². The van der Waals surface area contributed by atoms with Crippen LogP contribution in [0.3, 0.4) is 0 Å². The fraction of sp³-hybridized carbons (Fsp3) is 0.389. The molecule has 0 saturated carbocycles. The number of hydrogen-bond acceptors (Lipinski definition) is 5. The number of para-hydroxylation sites is 1. The van der Waals surface area contributed by atoms with Gasteiger partial charge in [0.1, 0.15) is 0 Å². The van der Waals surface area contributed by atoms with Crippen molar-refractivity contribution in [3.63, 3.8) is 0 Å². The molecule has 0 aliphatic rings. The summed E-state index contributed by atoms with van der Waals surface area (Å²) in [7, 11) is 0. The Morgan fingerprint density at radius 1 is 1.20 bits per heavy atom. The predicted molar refractivity (Wildman–Crippen MR) is 95.4 cm³/mol. The van der Waals surface area contributed by atoms with Crippen LogP contribution in [-0.2, 0) is 13.1 Å². The molecule has 0 radical (unpaired) electrons. The van der Waals surface area contributed by atoms with Gasteiger partial charge in [0.05, 0.1) is 42.5 Å².